The van der Waals surface area contributed by atoms with Crippen molar-refractivity contribution in [1.82, 2.24) is 9.80 Å². The Hall–Kier alpha value is -2.30. The van der Waals surface area contributed by atoms with Gasteiger partial charge in [0.1, 0.15) is 11.3 Å². The molecule has 2 heterocycles. The van der Waals surface area contributed by atoms with Crippen LogP contribution in [0.15, 0.2) is 34.7 Å². The van der Waals surface area contributed by atoms with E-state index in [4.69, 9.17) is 4.42 Å². The van der Waals surface area contributed by atoms with E-state index in [1.807, 2.05) is 63.1 Å². The lowest BCUT2D eigenvalue weighted by Gasteiger charge is -2.36. The van der Waals surface area contributed by atoms with Crippen molar-refractivity contribution in [3.05, 3.63) is 36.1 Å². The molecule has 0 unspecified atom stereocenters. The maximum atomic E-state index is 13.0. The fourth-order valence-corrected chi connectivity index (χ4v) is 3.62. The first-order chi connectivity index (χ1) is 12.4. The Morgan fingerprint density at radius 3 is 2.65 bits per heavy atom. The minimum atomic E-state index is -0.147. The van der Waals surface area contributed by atoms with Crippen LogP contribution in [0.2, 0.25) is 0 Å². The van der Waals surface area contributed by atoms with Crippen LogP contribution in [0.5, 0.6) is 0 Å². The van der Waals surface area contributed by atoms with E-state index in [1.54, 1.807) is 4.90 Å². The lowest BCUT2D eigenvalue weighted by molar-refractivity contribution is -0.142. The summed E-state index contributed by atoms with van der Waals surface area (Å²) in [5.41, 5.74) is 0.835. The number of carbonyl (C=O) groups is 2. The zero-order chi connectivity index (χ0) is 18.8. The van der Waals surface area contributed by atoms with Gasteiger partial charge in [0.05, 0.1) is 12.0 Å². The Kier molecular flexibility index (Phi) is 5.35. The van der Waals surface area contributed by atoms with Crippen molar-refractivity contribution in [2.75, 3.05) is 20.1 Å². The first-order valence-corrected chi connectivity index (χ1v) is 9.42. The molecular weight excluding hydrogens is 328 g/mol. The molecule has 0 aliphatic carbocycles. The van der Waals surface area contributed by atoms with Crippen molar-refractivity contribution in [1.29, 1.82) is 0 Å². The van der Waals surface area contributed by atoms with E-state index in [9.17, 15) is 9.59 Å². The lowest BCUT2D eigenvalue weighted by atomic mass is 9.95. The predicted octanol–water partition coefficient (Wildman–Crippen LogP) is 3.85. The van der Waals surface area contributed by atoms with Gasteiger partial charge >= 0.3 is 0 Å². The Balaban J connectivity index is 1.71. The summed E-state index contributed by atoms with van der Waals surface area (Å²) in [6.07, 6.45) is 1.71. The van der Waals surface area contributed by atoms with Crippen LogP contribution in [-0.4, -0.2) is 41.8 Å². The third-order valence-corrected chi connectivity index (χ3v) is 5.36. The number of nitrogens with zero attached hydrogens (tertiary/aromatic N) is 2. The van der Waals surface area contributed by atoms with Crippen LogP contribution in [0.1, 0.15) is 45.4 Å². The highest BCUT2D eigenvalue weighted by atomic mass is 16.3. The molecule has 3 rings (SSSR count). The molecule has 2 amide bonds. The molecule has 1 aromatic carbocycles. The van der Waals surface area contributed by atoms with E-state index in [0.29, 0.717) is 6.54 Å². The summed E-state index contributed by atoms with van der Waals surface area (Å²) in [5.74, 6) is 0.835. The molecule has 1 aromatic heterocycles. The van der Waals surface area contributed by atoms with E-state index in [1.165, 1.54) is 0 Å². The molecule has 1 saturated heterocycles. The number of fused-ring (bicyclic) bond motifs is 1. The third kappa shape index (κ3) is 3.62. The van der Waals surface area contributed by atoms with Crippen LogP contribution in [0.25, 0.3) is 11.0 Å². The number of likely N-dealkylation sites (tertiary alicyclic amines) is 1. The van der Waals surface area contributed by atoms with E-state index < -0.39 is 0 Å². The van der Waals surface area contributed by atoms with Crippen LogP contribution in [0.4, 0.5) is 0 Å². The van der Waals surface area contributed by atoms with Crippen molar-refractivity contribution in [3.63, 3.8) is 0 Å². The van der Waals surface area contributed by atoms with Gasteiger partial charge in [-0.3, -0.25) is 9.59 Å². The average Bonchev–Trinajstić information content (AvgIpc) is 3.09. The number of furan rings is 1. The van der Waals surface area contributed by atoms with Gasteiger partial charge in [-0.15, -0.1) is 0 Å². The van der Waals surface area contributed by atoms with Gasteiger partial charge in [-0.1, -0.05) is 32.0 Å². The zero-order valence-corrected chi connectivity index (χ0v) is 16.1. The molecule has 2 atom stereocenters. The highest BCUT2D eigenvalue weighted by molar-refractivity contribution is 5.82. The summed E-state index contributed by atoms with van der Waals surface area (Å²) in [5, 5.41) is 1.04. The minimum Gasteiger partial charge on any atom is -0.459 e. The summed E-state index contributed by atoms with van der Waals surface area (Å²) >= 11 is 0. The molecule has 0 bridgehead atoms. The van der Waals surface area contributed by atoms with Crippen molar-refractivity contribution >= 4 is 22.8 Å². The van der Waals surface area contributed by atoms with E-state index >= 15 is 0 Å². The van der Waals surface area contributed by atoms with Crippen LogP contribution < -0.4 is 0 Å². The number of piperidine rings is 1. The monoisotopic (exact) mass is 356 g/mol. The fourth-order valence-electron chi connectivity index (χ4n) is 3.62. The van der Waals surface area contributed by atoms with Gasteiger partial charge in [0.2, 0.25) is 11.8 Å². The summed E-state index contributed by atoms with van der Waals surface area (Å²) < 4.78 is 5.92. The number of amides is 2. The van der Waals surface area contributed by atoms with Gasteiger partial charge in [0.25, 0.3) is 0 Å². The molecule has 0 N–H and O–H groups in total. The van der Waals surface area contributed by atoms with Gasteiger partial charge in [0, 0.05) is 31.4 Å². The molecular formula is C21H28N2O3. The Morgan fingerprint density at radius 2 is 1.96 bits per heavy atom. The average molecular weight is 356 g/mol. The van der Waals surface area contributed by atoms with Crippen LogP contribution in [0.3, 0.4) is 0 Å². The van der Waals surface area contributed by atoms with Gasteiger partial charge in [-0.2, -0.15) is 0 Å². The summed E-state index contributed by atoms with van der Waals surface area (Å²) in [6, 6.07) is 9.71. The van der Waals surface area contributed by atoms with Crippen LogP contribution in [0, 0.1) is 11.8 Å². The number of hydrogen-bond donors (Lipinski definition) is 0. The van der Waals surface area contributed by atoms with E-state index in [-0.39, 0.29) is 29.7 Å². The molecule has 0 spiro atoms. The summed E-state index contributed by atoms with van der Waals surface area (Å²) in [4.78, 5) is 28.9. The van der Waals surface area contributed by atoms with Crippen molar-refractivity contribution in [2.24, 2.45) is 11.8 Å². The maximum absolute atomic E-state index is 13.0. The standard InChI is InChI=1S/C21H28N2O3/c1-14(2)20(24)23-11-7-9-17(13-23)21(25)22(4)15(3)19-12-16-8-5-6-10-18(16)26-19/h5-6,8,10,12,14-15,17H,7,9,11,13H2,1-4H3/t15-,17-/m0/s1. The Labute approximate surface area is 154 Å². The van der Waals surface area contributed by atoms with Gasteiger partial charge < -0.3 is 14.2 Å². The smallest absolute Gasteiger partial charge is 0.227 e. The van der Waals surface area contributed by atoms with E-state index in [0.717, 1.165) is 36.1 Å². The number of carbonyl (C=O) groups excluding carboxylic acids is 2. The first-order valence-electron chi connectivity index (χ1n) is 9.42. The van der Waals surface area contributed by atoms with Crippen LogP contribution in [-0.2, 0) is 9.59 Å². The number of benzene rings is 1. The van der Waals surface area contributed by atoms with Gasteiger partial charge in [-0.05, 0) is 31.9 Å². The second-order valence-electron chi connectivity index (χ2n) is 7.59. The molecule has 0 saturated carbocycles. The second kappa shape index (κ2) is 7.52. The SMILES string of the molecule is CC(C)C(=O)N1CCC[C@H](C(=O)N(C)[C@@H](C)c2cc3ccccc3o2)C1. The number of para-hydroxylation sites is 1. The summed E-state index contributed by atoms with van der Waals surface area (Å²) in [7, 11) is 1.82. The molecule has 0 radical (unpaired) electrons. The molecule has 2 aromatic rings. The Morgan fingerprint density at radius 1 is 1.23 bits per heavy atom. The Bertz CT molecular complexity index is 762. The van der Waals surface area contributed by atoms with Crippen molar-refractivity contribution in [3.8, 4) is 0 Å². The molecule has 1 aliphatic rings. The van der Waals surface area contributed by atoms with Gasteiger partial charge in [0.15, 0.2) is 0 Å². The largest absolute Gasteiger partial charge is 0.459 e. The number of hydrogen-bond acceptors (Lipinski definition) is 3. The maximum Gasteiger partial charge on any atom is 0.227 e. The van der Waals surface area contributed by atoms with Gasteiger partial charge in [-0.25, -0.2) is 0 Å². The molecule has 5 heteroatoms. The highest BCUT2D eigenvalue weighted by Crippen LogP contribution is 2.29. The normalized spacial score (nSPS) is 19.0. The number of rotatable bonds is 4. The zero-order valence-electron chi connectivity index (χ0n) is 16.1. The first kappa shape index (κ1) is 18.5. The molecule has 140 valence electrons. The lowest BCUT2D eigenvalue weighted by Crippen LogP contribution is -2.47. The third-order valence-electron chi connectivity index (χ3n) is 5.36. The molecule has 1 aliphatic heterocycles. The highest BCUT2D eigenvalue weighted by Gasteiger charge is 2.33. The van der Waals surface area contributed by atoms with Crippen molar-refractivity contribution in [2.45, 2.75) is 39.7 Å². The molecule has 5 nitrogen and oxygen atoms in total. The van der Waals surface area contributed by atoms with E-state index in [2.05, 4.69) is 0 Å². The van der Waals surface area contributed by atoms with Crippen molar-refractivity contribution < 1.29 is 14.0 Å². The molecule has 26 heavy (non-hydrogen) atoms. The fraction of sp³-hybridized carbons (Fsp3) is 0.524. The summed E-state index contributed by atoms with van der Waals surface area (Å²) in [6.45, 7) is 7.07. The molecule has 1 fully saturated rings. The second-order valence-corrected chi connectivity index (χ2v) is 7.59. The topological polar surface area (TPSA) is 53.8 Å². The van der Waals surface area contributed by atoms with Crippen LogP contribution >= 0.6 is 0 Å². The quantitative estimate of drug-likeness (QED) is 0.836. The minimum absolute atomic E-state index is 0.0314. The predicted molar refractivity (Wildman–Crippen MR) is 102 cm³/mol.